The fraction of sp³-hybridized carbons (Fsp3) is 0.238. The lowest BCUT2D eigenvalue weighted by atomic mass is 9.92. The first-order chi connectivity index (χ1) is 13.1. The SMILES string of the molecule is O=C1NCc2c1cc(-c1ccc(F)cc1F)cc2-c1cnn(C2CCC2)c1. The van der Waals surface area contributed by atoms with E-state index in [0.717, 1.165) is 35.6 Å². The van der Waals surface area contributed by atoms with E-state index in [1.54, 1.807) is 12.3 Å². The number of hydrogen-bond acceptors (Lipinski definition) is 2. The molecule has 0 spiro atoms. The summed E-state index contributed by atoms with van der Waals surface area (Å²) in [5.41, 5.74) is 4.00. The highest BCUT2D eigenvalue weighted by molar-refractivity contribution is 6.02. The molecule has 1 fully saturated rings. The van der Waals surface area contributed by atoms with Crippen molar-refractivity contribution in [2.75, 3.05) is 0 Å². The highest BCUT2D eigenvalue weighted by atomic mass is 19.1. The fourth-order valence-corrected chi connectivity index (χ4v) is 3.79. The molecule has 1 aliphatic carbocycles. The highest BCUT2D eigenvalue weighted by Gasteiger charge is 2.26. The van der Waals surface area contributed by atoms with Crippen LogP contribution >= 0.6 is 0 Å². The van der Waals surface area contributed by atoms with Gasteiger partial charge in [-0.2, -0.15) is 5.10 Å². The summed E-state index contributed by atoms with van der Waals surface area (Å²) in [6, 6.07) is 7.45. The molecule has 0 unspecified atom stereocenters. The lowest BCUT2D eigenvalue weighted by molar-refractivity contribution is 0.0966. The van der Waals surface area contributed by atoms with E-state index >= 15 is 0 Å². The number of rotatable bonds is 3. The third-order valence-electron chi connectivity index (χ3n) is 5.52. The maximum absolute atomic E-state index is 14.3. The number of nitrogens with zero attached hydrogens (tertiary/aromatic N) is 2. The molecule has 2 aromatic carbocycles. The number of hydrogen-bond donors (Lipinski definition) is 1. The van der Waals surface area contributed by atoms with E-state index in [-0.39, 0.29) is 11.5 Å². The molecule has 0 bridgehead atoms. The molecule has 27 heavy (non-hydrogen) atoms. The summed E-state index contributed by atoms with van der Waals surface area (Å²) in [5, 5.41) is 7.31. The van der Waals surface area contributed by atoms with Crippen LogP contribution in [0.25, 0.3) is 22.3 Å². The van der Waals surface area contributed by atoms with E-state index in [1.165, 1.54) is 18.6 Å². The van der Waals surface area contributed by atoms with Crippen molar-refractivity contribution < 1.29 is 13.6 Å². The zero-order valence-corrected chi connectivity index (χ0v) is 14.5. The third kappa shape index (κ3) is 2.63. The van der Waals surface area contributed by atoms with Gasteiger partial charge >= 0.3 is 0 Å². The first-order valence-corrected chi connectivity index (χ1v) is 9.05. The van der Waals surface area contributed by atoms with Crippen molar-refractivity contribution in [2.24, 2.45) is 0 Å². The summed E-state index contributed by atoms with van der Waals surface area (Å²) in [6.07, 6.45) is 7.25. The topological polar surface area (TPSA) is 46.9 Å². The van der Waals surface area contributed by atoms with Gasteiger partial charge in [0.05, 0.1) is 12.2 Å². The standard InChI is InChI=1S/C21H17F2N3O/c22-14-4-5-16(20(23)8-14)12-6-17(19-10-24-21(27)18(19)7-12)13-9-25-26(11-13)15-2-1-3-15/h4-9,11,15H,1-3,10H2,(H,24,27). The summed E-state index contributed by atoms with van der Waals surface area (Å²) < 4.78 is 29.6. The number of fused-ring (bicyclic) bond motifs is 1. The number of aromatic nitrogens is 2. The van der Waals surface area contributed by atoms with Gasteiger partial charge in [-0.25, -0.2) is 8.78 Å². The normalized spacial score (nSPS) is 16.1. The molecule has 2 heterocycles. The van der Waals surface area contributed by atoms with Crippen LogP contribution in [0.3, 0.4) is 0 Å². The molecule has 4 nitrogen and oxygen atoms in total. The van der Waals surface area contributed by atoms with Crippen LogP contribution in [0, 0.1) is 11.6 Å². The molecule has 1 N–H and O–H groups in total. The van der Waals surface area contributed by atoms with Crippen molar-refractivity contribution in [3.8, 4) is 22.3 Å². The van der Waals surface area contributed by atoms with Gasteiger partial charge in [0.2, 0.25) is 0 Å². The van der Waals surface area contributed by atoms with Gasteiger partial charge in [-0.15, -0.1) is 0 Å². The number of halogens is 2. The Hall–Kier alpha value is -3.02. The van der Waals surface area contributed by atoms with E-state index in [2.05, 4.69) is 10.4 Å². The predicted octanol–water partition coefficient (Wildman–Crippen LogP) is 4.46. The minimum absolute atomic E-state index is 0.179. The Bertz CT molecular complexity index is 1070. The smallest absolute Gasteiger partial charge is 0.251 e. The second kappa shape index (κ2) is 6.01. The molecule has 1 saturated carbocycles. The zero-order valence-electron chi connectivity index (χ0n) is 14.5. The van der Waals surface area contributed by atoms with E-state index in [0.29, 0.717) is 23.7 Å². The summed E-state index contributed by atoms with van der Waals surface area (Å²) >= 11 is 0. The molecule has 1 amide bonds. The minimum Gasteiger partial charge on any atom is -0.348 e. The Balaban J connectivity index is 1.66. The van der Waals surface area contributed by atoms with E-state index in [9.17, 15) is 13.6 Å². The monoisotopic (exact) mass is 365 g/mol. The molecule has 1 aromatic heterocycles. The molecule has 1 aliphatic heterocycles. The third-order valence-corrected chi connectivity index (χ3v) is 5.52. The number of carbonyl (C=O) groups is 1. The highest BCUT2D eigenvalue weighted by Crippen LogP contribution is 2.37. The Labute approximate surface area is 154 Å². The summed E-state index contributed by atoms with van der Waals surface area (Å²) in [4.78, 5) is 12.3. The van der Waals surface area contributed by atoms with Crippen molar-refractivity contribution in [1.29, 1.82) is 0 Å². The quantitative estimate of drug-likeness (QED) is 0.745. The first kappa shape index (κ1) is 16.2. The molecular weight excluding hydrogens is 348 g/mol. The lowest BCUT2D eigenvalue weighted by Gasteiger charge is -2.25. The van der Waals surface area contributed by atoms with Crippen molar-refractivity contribution >= 4 is 5.91 Å². The summed E-state index contributed by atoms with van der Waals surface area (Å²) in [6.45, 7) is 0.435. The van der Waals surface area contributed by atoms with Crippen molar-refractivity contribution in [1.82, 2.24) is 15.1 Å². The Morgan fingerprint density at radius 3 is 2.59 bits per heavy atom. The molecule has 0 saturated heterocycles. The van der Waals surface area contributed by atoms with Crippen LogP contribution in [0.4, 0.5) is 8.78 Å². The zero-order chi connectivity index (χ0) is 18.5. The van der Waals surface area contributed by atoms with Gasteiger partial charge in [-0.05, 0) is 60.2 Å². The summed E-state index contributed by atoms with van der Waals surface area (Å²) in [5.74, 6) is -1.45. The maximum atomic E-state index is 14.3. The largest absolute Gasteiger partial charge is 0.348 e. The fourth-order valence-electron chi connectivity index (χ4n) is 3.79. The second-order valence-corrected chi connectivity index (χ2v) is 7.15. The van der Waals surface area contributed by atoms with Crippen LogP contribution in [-0.4, -0.2) is 15.7 Å². The Morgan fingerprint density at radius 2 is 1.85 bits per heavy atom. The van der Waals surface area contributed by atoms with Gasteiger partial charge in [0.15, 0.2) is 0 Å². The average molecular weight is 365 g/mol. The van der Waals surface area contributed by atoms with Crippen LogP contribution in [-0.2, 0) is 6.54 Å². The molecule has 136 valence electrons. The van der Waals surface area contributed by atoms with Crippen LogP contribution < -0.4 is 5.32 Å². The van der Waals surface area contributed by atoms with E-state index in [4.69, 9.17) is 0 Å². The van der Waals surface area contributed by atoms with Gasteiger partial charge in [0.25, 0.3) is 5.91 Å². The van der Waals surface area contributed by atoms with Gasteiger partial charge in [-0.1, -0.05) is 0 Å². The Morgan fingerprint density at radius 1 is 1.04 bits per heavy atom. The number of benzene rings is 2. The van der Waals surface area contributed by atoms with E-state index < -0.39 is 11.6 Å². The number of carbonyl (C=O) groups excluding carboxylic acids is 1. The van der Waals surface area contributed by atoms with Crippen LogP contribution in [0.5, 0.6) is 0 Å². The van der Waals surface area contributed by atoms with Gasteiger partial charge in [-0.3, -0.25) is 9.48 Å². The van der Waals surface area contributed by atoms with Crippen molar-refractivity contribution in [3.05, 3.63) is 65.5 Å². The average Bonchev–Trinajstić information content (AvgIpc) is 3.20. The molecule has 2 aliphatic rings. The van der Waals surface area contributed by atoms with Gasteiger partial charge in [0.1, 0.15) is 11.6 Å². The van der Waals surface area contributed by atoms with Crippen LogP contribution in [0.1, 0.15) is 41.2 Å². The van der Waals surface area contributed by atoms with E-state index in [1.807, 2.05) is 16.9 Å². The predicted molar refractivity (Wildman–Crippen MR) is 97.1 cm³/mol. The molecule has 0 radical (unpaired) electrons. The van der Waals surface area contributed by atoms with Crippen LogP contribution in [0.2, 0.25) is 0 Å². The van der Waals surface area contributed by atoms with Gasteiger partial charge in [0, 0.05) is 35.5 Å². The van der Waals surface area contributed by atoms with Crippen molar-refractivity contribution in [3.63, 3.8) is 0 Å². The molecule has 0 atom stereocenters. The number of amides is 1. The molecule has 3 aromatic rings. The van der Waals surface area contributed by atoms with Gasteiger partial charge < -0.3 is 5.32 Å². The number of nitrogens with one attached hydrogen (secondary N) is 1. The lowest BCUT2D eigenvalue weighted by Crippen LogP contribution is -2.16. The van der Waals surface area contributed by atoms with Crippen LogP contribution in [0.15, 0.2) is 42.7 Å². The molecule has 6 heteroatoms. The first-order valence-electron chi connectivity index (χ1n) is 9.05. The second-order valence-electron chi connectivity index (χ2n) is 7.15. The maximum Gasteiger partial charge on any atom is 0.251 e. The Kier molecular flexibility index (Phi) is 3.60. The minimum atomic E-state index is -0.649. The molecular formula is C21H17F2N3O. The molecule has 5 rings (SSSR count). The summed E-state index contributed by atoms with van der Waals surface area (Å²) in [7, 11) is 0. The van der Waals surface area contributed by atoms with Crippen molar-refractivity contribution in [2.45, 2.75) is 31.8 Å².